The van der Waals surface area contributed by atoms with E-state index in [4.69, 9.17) is 16.0 Å². The number of hydrogen-bond donors (Lipinski definition) is 2. The van der Waals surface area contributed by atoms with Crippen molar-refractivity contribution in [2.24, 2.45) is 0 Å². The fourth-order valence-corrected chi connectivity index (χ4v) is 3.60. The molecule has 0 aliphatic carbocycles. The monoisotopic (exact) mass is 358 g/mol. The molecule has 2 N–H and O–H groups in total. The second-order valence-corrected chi connectivity index (χ2v) is 6.60. The maximum atomic E-state index is 6.36. The minimum Gasteiger partial charge on any atom is -0.443 e. The molecule has 4 rings (SSSR count). The number of rotatable bonds is 5. The molecule has 5 nitrogen and oxygen atoms in total. The Balaban J connectivity index is 1.39. The molecule has 0 saturated heterocycles. The van der Waals surface area contributed by atoms with E-state index in [0.29, 0.717) is 10.8 Å². The predicted octanol–water partition coefficient (Wildman–Crippen LogP) is 3.85. The van der Waals surface area contributed by atoms with Gasteiger partial charge in [0.25, 0.3) is 0 Å². The third-order valence-electron chi connectivity index (χ3n) is 3.81. The van der Waals surface area contributed by atoms with Crippen molar-refractivity contribution in [1.29, 1.82) is 0 Å². The zero-order chi connectivity index (χ0) is 16.4. The summed E-state index contributed by atoms with van der Waals surface area (Å²) in [6.45, 7) is 1.53. The average Bonchev–Trinajstić information content (AvgIpc) is 3.27. The molecule has 2 aliphatic heterocycles. The fourth-order valence-electron chi connectivity index (χ4n) is 2.63. The van der Waals surface area contributed by atoms with Gasteiger partial charge in [-0.15, -0.1) is 0 Å². The average molecular weight is 359 g/mol. The third kappa shape index (κ3) is 3.08. The molecule has 0 unspecified atom stereocenters. The maximum absolute atomic E-state index is 6.36. The Labute approximate surface area is 149 Å². The molecule has 0 radical (unpaired) electrons. The third-order valence-corrected chi connectivity index (χ3v) is 4.86. The molecule has 3 heterocycles. The molecule has 0 saturated carbocycles. The van der Waals surface area contributed by atoms with E-state index in [9.17, 15) is 0 Å². The molecule has 0 fully saturated rings. The largest absolute Gasteiger partial charge is 0.443 e. The lowest BCUT2D eigenvalue weighted by molar-refractivity contribution is 0.572. The Morgan fingerprint density at radius 1 is 1.33 bits per heavy atom. The van der Waals surface area contributed by atoms with Crippen molar-refractivity contribution in [1.82, 2.24) is 19.3 Å². The highest BCUT2D eigenvalue weighted by atomic mass is 35.5. The summed E-state index contributed by atoms with van der Waals surface area (Å²) < 4.78 is 10.6. The first-order chi connectivity index (χ1) is 11.8. The van der Waals surface area contributed by atoms with Crippen LogP contribution in [-0.2, 0) is 6.54 Å². The minimum atomic E-state index is 0.663. The number of halogens is 1. The number of nitrogens with one attached hydrogen (secondary N) is 2. The van der Waals surface area contributed by atoms with Crippen LogP contribution in [0.25, 0.3) is 11.3 Å². The van der Waals surface area contributed by atoms with Crippen molar-refractivity contribution in [2.75, 3.05) is 6.54 Å². The number of hydrogen-bond acceptors (Lipinski definition) is 6. The highest BCUT2D eigenvalue weighted by Gasteiger charge is 2.19. The lowest BCUT2D eigenvalue weighted by atomic mass is 10.1. The summed E-state index contributed by atoms with van der Waals surface area (Å²) in [6.07, 6.45) is 11.3. The van der Waals surface area contributed by atoms with Crippen molar-refractivity contribution >= 4 is 23.7 Å². The van der Waals surface area contributed by atoms with Gasteiger partial charge in [-0.3, -0.25) is 4.31 Å². The Kier molecular flexibility index (Phi) is 4.34. The molecule has 0 bridgehead atoms. The summed E-state index contributed by atoms with van der Waals surface area (Å²) in [7, 11) is 0. The van der Waals surface area contributed by atoms with Crippen molar-refractivity contribution in [3.8, 4) is 11.3 Å². The zero-order valence-electron chi connectivity index (χ0n) is 12.7. The van der Waals surface area contributed by atoms with Gasteiger partial charge >= 0.3 is 0 Å². The van der Waals surface area contributed by atoms with Crippen LogP contribution < -0.4 is 10.0 Å². The summed E-state index contributed by atoms with van der Waals surface area (Å²) >= 11 is 7.92. The first kappa shape index (κ1) is 15.4. The summed E-state index contributed by atoms with van der Waals surface area (Å²) in [6, 6.07) is 5.97. The molecule has 0 spiro atoms. The van der Waals surface area contributed by atoms with Crippen molar-refractivity contribution in [3.63, 3.8) is 0 Å². The zero-order valence-corrected chi connectivity index (χ0v) is 14.3. The Hall–Kier alpha value is -2.15. The number of benzene rings is 1. The smallest absolute Gasteiger partial charge is 0.181 e. The second-order valence-electron chi connectivity index (χ2n) is 5.38. The summed E-state index contributed by atoms with van der Waals surface area (Å²) in [5, 5.41) is 4.13. The lowest BCUT2D eigenvalue weighted by Crippen LogP contribution is -2.21. The maximum Gasteiger partial charge on any atom is 0.181 e. The first-order valence-electron chi connectivity index (χ1n) is 7.49. The van der Waals surface area contributed by atoms with Crippen LogP contribution >= 0.6 is 23.7 Å². The van der Waals surface area contributed by atoms with E-state index in [1.807, 2.05) is 30.6 Å². The van der Waals surface area contributed by atoms with Crippen LogP contribution in [0, 0.1) is 0 Å². The van der Waals surface area contributed by atoms with E-state index in [-0.39, 0.29) is 0 Å². The molecule has 1 aromatic carbocycles. The molecule has 7 heteroatoms. The predicted molar refractivity (Wildman–Crippen MR) is 96.5 cm³/mol. The second kappa shape index (κ2) is 6.76. The molecule has 0 amide bonds. The van der Waals surface area contributed by atoms with Crippen LogP contribution in [0.3, 0.4) is 0 Å². The van der Waals surface area contributed by atoms with Crippen LogP contribution in [0.2, 0.25) is 5.02 Å². The minimum absolute atomic E-state index is 0.663. The summed E-state index contributed by atoms with van der Waals surface area (Å²) in [5.41, 5.74) is 4.42. The van der Waals surface area contributed by atoms with Gasteiger partial charge in [-0.05, 0) is 29.3 Å². The van der Waals surface area contributed by atoms with Gasteiger partial charge in [-0.25, -0.2) is 4.98 Å². The number of oxazole rings is 1. The molecule has 0 atom stereocenters. The fraction of sp³-hybridized carbons (Fsp3) is 0.118. The number of fused-ring (bicyclic) bond motifs is 1. The van der Waals surface area contributed by atoms with Crippen LogP contribution in [0.15, 0.2) is 71.0 Å². The first-order valence-corrected chi connectivity index (χ1v) is 8.64. The van der Waals surface area contributed by atoms with Crippen LogP contribution in [-0.4, -0.2) is 15.8 Å². The molecule has 2 aromatic rings. The van der Waals surface area contributed by atoms with E-state index in [1.54, 1.807) is 18.3 Å². The summed E-state index contributed by atoms with van der Waals surface area (Å²) in [4.78, 5) is 3.92. The normalized spacial score (nSPS) is 15.8. The topological polar surface area (TPSA) is 53.3 Å². The van der Waals surface area contributed by atoms with Crippen molar-refractivity contribution in [2.45, 2.75) is 6.54 Å². The van der Waals surface area contributed by atoms with Crippen molar-refractivity contribution in [3.05, 3.63) is 77.2 Å². The van der Waals surface area contributed by atoms with Gasteiger partial charge in [0, 0.05) is 31.1 Å². The van der Waals surface area contributed by atoms with Crippen LogP contribution in [0.4, 0.5) is 0 Å². The Morgan fingerprint density at radius 2 is 2.29 bits per heavy atom. The Bertz CT molecular complexity index is 829. The van der Waals surface area contributed by atoms with Gasteiger partial charge < -0.3 is 14.5 Å². The highest BCUT2D eigenvalue weighted by Crippen LogP contribution is 2.30. The highest BCUT2D eigenvalue weighted by molar-refractivity contribution is 7.95. The van der Waals surface area contributed by atoms with Gasteiger partial charge in [0.05, 0.1) is 29.1 Å². The van der Waals surface area contributed by atoms with E-state index < -0.39 is 0 Å². The number of nitrogens with zero attached hydrogens (tertiary/aromatic N) is 2. The lowest BCUT2D eigenvalue weighted by Gasteiger charge is -2.20. The Morgan fingerprint density at radius 3 is 3.12 bits per heavy atom. The SMILES string of the molecule is Clc1cc(CNCC2=CC=CN3SNC=C23)ccc1-c1cnco1. The number of allylic oxidation sites excluding steroid dienone is 2. The van der Waals surface area contributed by atoms with Gasteiger partial charge in [-0.1, -0.05) is 23.7 Å². The molecule has 2 aliphatic rings. The molecule has 122 valence electrons. The van der Waals surface area contributed by atoms with Crippen LogP contribution in [0.1, 0.15) is 5.56 Å². The van der Waals surface area contributed by atoms with Gasteiger partial charge in [0.1, 0.15) is 0 Å². The van der Waals surface area contributed by atoms with Crippen LogP contribution in [0.5, 0.6) is 0 Å². The standard InChI is InChI=1S/C17H15ClN4OS/c18-15-6-12(3-4-14(15)17-10-20-11-23-17)7-19-8-13-2-1-5-22-16(13)9-21-24-22/h1-6,9-11,19,21H,7-8H2. The quantitative estimate of drug-likeness (QED) is 0.792. The molecule has 24 heavy (non-hydrogen) atoms. The van der Waals surface area contributed by atoms with E-state index >= 15 is 0 Å². The number of aromatic nitrogens is 1. The van der Waals surface area contributed by atoms with Gasteiger partial charge in [-0.2, -0.15) is 0 Å². The van der Waals surface area contributed by atoms with Gasteiger partial charge in [0.2, 0.25) is 0 Å². The molecule has 1 aromatic heterocycles. The van der Waals surface area contributed by atoms with Crippen molar-refractivity contribution < 1.29 is 4.42 Å². The van der Waals surface area contributed by atoms with E-state index in [2.05, 4.69) is 31.5 Å². The van der Waals surface area contributed by atoms with E-state index in [0.717, 1.165) is 24.2 Å². The van der Waals surface area contributed by atoms with Gasteiger partial charge in [0.15, 0.2) is 12.2 Å². The molecular formula is C17H15ClN4OS. The molecular weight excluding hydrogens is 344 g/mol. The summed E-state index contributed by atoms with van der Waals surface area (Å²) in [5.74, 6) is 0.678. The van der Waals surface area contributed by atoms with E-state index in [1.165, 1.54) is 17.7 Å².